The Hall–Kier alpha value is 0.580. The molecule has 1 aliphatic rings. The Morgan fingerprint density at radius 3 is 1.64 bits per heavy atom. The lowest BCUT2D eigenvalue weighted by Gasteiger charge is -2.24. The van der Waals surface area contributed by atoms with Gasteiger partial charge in [-0.3, -0.25) is 0 Å². The normalized spacial score (nSPS) is 26.2. The van der Waals surface area contributed by atoms with Crippen LogP contribution in [-0.2, 0) is 0 Å². The molecule has 0 nitrogen and oxygen atoms in total. The number of hydrogen-bond donors (Lipinski definition) is 0. The van der Waals surface area contributed by atoms with Crippen molar-refractivity contribution in [2.24, 2.45) is 5.41 Å². The third-order valence-electron chi connectivity index (χ3n) is 2.79. The number of halogens is 2. The summed E-state index contributed by atoms with van der Waals surface area (Å²) < 4.78 is 0. The first-order chi connectivity index (χ1) is 5.17. The summed E-state index contributed by atoms with van der Waals surface area (Å²) in [6, 6.07) is 0. The molecule has 0 N–H and O–H groups in total. The molecule has 0 amide bonds. The van der Waals surface area contributed by atoms with Gasteiger partial charge in [0, 0.05) is 16.2 Å². The average molecular weight is 195 g/mol. The van der Waals surface area contributed by atoms with Crippen LogP contribution in [0.15, 0.2) is 0 Å². The van der Waals surface area contributed by atoms with E-state index in [0.29, 0.717) is 16.2 Å². The molecular weight excluding hydrogens is 179 g/mol. The van der Waals surface area contributed by atoms with Crippen molar-refractivity contribution < 1.29 is 0 Å². The standard InChI is InChI=1S/C9H16Cl2/c1-3-7(10)9(5-6-9)8(11)4-2/h7-8H,3-6H2,1-2H3/t7-,8-/m1/s1. The minimum atomic E-state index is 0.296. The van der Waals surface area contributed by atoms with Crippen LogP contribution in [0, 0.1) is 5.41 Å². The molecule has 0 radical (unpaired) electrons. The summed E-state index contributed by atoms with van der Waals surface area (Å²) in [6.45, 7) is 4.27. The fourth-order valence-corrected chi connectivity index (χ4v) is 2.59. The molecule has 0 aromatic carbocycles. The Kier molecular flexibility index (Phi) is 3.10. The molecule has 0 heterocycles. The second-order valence-corrected chi connectivity index (χ2v) is 4.54. The summed E-state index contributed by atoms with van der Waals surface area (Å²) >= 11 is 12.4. The van der Waals surface area contributed by atoms with E-state index in [9.17, 15) is 0 Å². The fraction of sp³-hybridized carbons (Fsp3) is 1.00. The molecule has 0 unspecified atom stereocenters. The predicted molar refractivity (Wildman–Crippen MR) is 51.5 cm³/mol. The zero-order valence-corrected chi connectivity index (χ0v) is 8.75. The molecule has 0 bridgehead atoms. The summed E-state index contributed by atoms with van der Waals surface area (Å²) in [5.74, 6) is 0. The quantitative estimate of drug-likeness (QED) is 0.598. The third kappa shape index (κ3) is 1.67. The molecule has 0 aromatic rings. The van der Waals surface area contributed by atoms with E-state index in [4.69, 9.17) is 23.2 Å². The molecule has 0 spiro atoms. The van der Waals surface area contributed by atoms with E-state index in [0.717, 1.165) is 12.8 Å². The highest BCUT2D eigenvalue weighted by atomic mass is 35.5. The first-order valence-electron chi connectivity index (χ1n) is 4.45. The molecular formula is C9H16Cl2. The van der Waals surface area contributed by atoms with E-state index in [1.807, 2.05) is 0 Å². The highest BCUT2D eigenvalue weighted by molar-refractivity contribution is 6.24. The molecule has 1 rings (SSSR count). The first kappa shape index (κ1) is 9.67. The van der Waals surface area contributed by atoms with Crippen LogP contribution >= 0.6 is 23.2 Å². The van der Waals surface area contributed by atoms with Crippen molar-refractivity contribution in [3.8, 4) is 0 Å². The summed E-state index contributed by atoms with van der Waals surface area (Å²) in [5.41, 5.74) is 0.298. The second-order valence-electron chi connectivity index (χ2n) is 3.48. The smallest absolute Gasteiger partial charge is 0.0403 e. The van der Waals surface area contributed by atoms with Crippen LogP contribution in [0.5, 0.6) is 0 Å². The van der Waals surface area contributed by atoms with Crippen molar-refractivity contribution in [3.63, 3.8) is 0 Å². The summed E-state index contributed by atoms with van der Waals surface area (Å²) in [6.07, 6.45) is 4.56. The van der Waals surface area contributed by atoms with Gasteiger partial charge in [-0.15, -0.1) is 23.2 Å². The Balaban J connectivity index is 2.52. The highest BCUT2D eigenvalue weighted by Crippen LogP contribution is 2.57. The molecule has 1 fully saturated rings. The van der Waals surface area contributed by atoms with Gasteiger partial charge in [0.1, 0.15) is 0 Å². The topological polar surface area (TPSA) is 0 Å². The van der Waals surface area contributed by atoms with Crippen LogP contribution in [0.4, 0.5) is 0 Å². The average Bonchev–Trinajstić information content (AvgIpc) is 2.82. The molecule has 0 aromatic heterocycles. The Labute approximate surface area is 79.3 Å². The number of alkyl halides is 2. The van der Waals surface area contributed by atoms with Crippen molar-refractivity contribution in [1.82, 2.24) is 0 Å². The van der Waals surface area contributed by atoms with Gasteiger partial charge >= 0.3 is 0 Å². The summed E-state index contributed by atoms with van der Waals surface area (Å²) in [4.78, 5) is 0. The van der Waals surface area contributed by atoms with E-state index >= 15 is 0 Å². The maximum Gasteiger partial charge on any atom is 0.0403 e. The molecule has 1 aliphatic carbocycles. The first-order valence-corrected chi connectivity index (χ1v) is 5.32. The van der Waals surface area contributed by atoms with Crippen molar-refractivity contribution in [2.45, 2.75) is 50.3 Å². The van der Waals surface area contributed by atoms with Crippen LogP contribution in [0.2, 0.25) is 0 Å². The fourth-order valence-electron chi connectivity index (χ4n) is 1.78. The van der Waals surface area contributed by atoms with E-state index in [-0.39, 0.29) is 0 Å². The maximum absolute atomic E-state index is 6.21. The van der Waals surface area contributed by atoms with E-state index in [1.165, 1.54) is 12.8 Å². The number of rotatable bonds is 4. The van der Waals surface area contributed by atoms with Gasteiger partial charge in [0.15, 0.2) is 0 Å². The lowest BCUT2D eigenvalue weighted by atomic mass is 9.94. The van der Waals surface area contributed by atoms with Gasteiger partial charge in [-0.05, 0) is 25.7 Å². The van der Waals surface area contributed by atoms with Crippen LogP contribution in [-0.4, -0.2) is 10.8 Å². The minimum absolute atomic E-state index is 0.296. The van der Waals surface area contributed by atoms with Gasteiger partial charge < -0.3 is 0 Å². The zero-order chi connectivity index (χ0) is 8.48. The lowest BCUT2D eigenvalue weighted by molar-refractivity contribution is 0.434. The van der Waals surface area contributed by atoms with Gasteiger partial charge in [-0.2, -0.15) is 0 Å². The van der Waals surface area contributed by atoms with Crippen LogP contribution in [0.1, 0.15) is 39.5 Å². The Morgan fingerprint density at radius 1 is 1.09 bits per heavy atom. The van der Waals surface area contributed by atoms with E-state index < -0.39 is 0 Å². The van der Waals surface area contributed by atoms with Gasteiger partial charge in [-0.1, -0.05) is 13.8 Å². The van der Waals surface area contributed by atoms with Crippen LogP contribution in [0.3, 0.4) is 0 Å². The molecule has 1 saturated carbocycles. The Bertz CT molecular complexity index is 118. The molecule has 0 saturated heterocycles. The highest BCUT2D eigenvalue weighted by Gasteiger charge is 2.52. The molecule has 2 heteroatoms. The monoisotopic (exact) mass is 194 g/mol. The molecule has 66 valence electrons. The molecule has 0 aliphatic heterocycles. The Morgan fingerprint density at radius 2 is 1.45 bits per heavy atom. The summed E-state index contributed by atoms with van der Waals surface area (Å²) in [7, 11) is 0. The van der Waals surface area contributed by atoms with Gasteiger partial charge in [-0.25, -0.2) is 0 Å². The molecule has 11 heavy (non-hydrogen) atoms. The van der Waals surface area contributed by atoms with Crippen molar-refractivity contribution >= 4 is 23.2 Å². The van der Waals surface area contributed by atoms with Gasteiger partial charge in [0.05, 0.1) is 0 Å². The lowest BCUT2D eigenvalue weighted by Crippen LogP contribution is -2.25. The van der Waals surface area contributed by atoms with Crippen LogP contribution < -0.4 is 0 Å². The SMILES string of the molecule is CC[C@@H](Cl)C1([C@H](Cl)CC)CC1. The van der Waals surface area contributed by atoms with Crippen LogP contribution in [0.25, 0.3) is 0 Å². The van der Waals surface area contributed by atoms with Gasteiger partial charge in [0.25, 0.3) is 0 Å². The van der Waals surface area contributed by atoms with Crippen molar-refractivity contribution in [3.05, 3.63) is 0 Å². The van der Waals surface area contributed by atoms with Crippen molar-refractivity contribution in [2.75, 3.05) is 0 Å². The van der Waals surface area contributed by atoms with E-state index in [2.05, 4.69) is 13.8 Å². The second kappa shape index (κ2) is 3.53. The molecule has 2 atom stereocenters. The third-order valence-corrected chi connectivity index (χ3v) is 4.28. The number of hydrogen-bond acceptors (Lipinski definition) is 0. The van der Waals surface area contributed by atoms with Crippen molar-refractivity contribution in [1.29, 1.82) is 0 Å². The predicted octanol–water partition coefficient (Wildman–Crippen LogP) is 3.80. The minimum Gasteiger partial charge on any atom is -0.122 e. The largest absolute Gasteiger partial charge is 0.122 e. The zero-order valence-electron chi connectivity index (χ0n) is 7.24. The van der Waals surface area contributed by atoms with E-state index in [1.54, 1.807) is 0 Å². The maximum atomic E-state index is 6.21. The van der Waals surface area contributed by atoms with Gasteiger partial charge in [0.2, 0.25) is 0 Å². The summed E-state index contributed by atoms with van der Waals surface area (Å²) in [5, 5.41) is 0.592.